The Morgan fingerprint density at radius 2 is 1.62 bits per heavy atom. The van der Waals surface area contributed by atoms with Gasteiger partial charge in [-0.1, -0.05) is 34.1 Å². The lowest BCUT2D eigenvalue weighted by Gasteiger charge is -2.43. The van der Waals surface area contributed by atoms with E-state index >= 15 is 0 Å². The summed E-state index contributed by atoms with van der Waals surface area (Å²) in [6.45, 7) is 9.25. The van der Waals surface area contributed by atoms with Gasteiger partial charge in [0.2, 0.25) is 0 Å². The van der Waals surface area contributed by atoms with Crippen molar-refractivity contribution in [1.29, 1.82) is 0 Å². The summed E-state index contributed by atoms with van der Waals surface area (Å²) in [4.78, 5) is 0. The van der Waals surface area contributed by atoms with Crippen molar-refractivity contribution in [3.8, 4) is 0 Å². The van der Waals surface area contributed by atoms with Gasteiger partial charge in [-0.2, -0.15) is 0 Å². The second-order valence-corrected chi connectivity index (χ2v) is 7.06. The highest BCUT2D eigenvalue weighted by molar-refractivity contribution is 5.08. The zero-order chi connectivity index (χ0) is 12.0. The fourth-order valence-corrected chi connectivity index (χ4v) is 4.27. The quantitative estimate of drug-likeness (QED) is 0.714. The van der Waals surface area contributed by atoms with Crippen molar-refractivity contribution in [2.24, 2.45) is 23.2 Å². The predicted molar refractivity (Wildman–Crippen MR) is 68.3 cm³/mol. The molecule has 1 heteroatoms. The highest BCUT2D eigenvalue weighted by Crippen LogP contribution is 2.58. The van der Waals surface area contributed by atoms with Crippen molar-refractivity contribution in [3.05, 3.63) is 0 Å². The van der Waals surface area contributed by atoms with E-state index in [-0.39, 0.29) is 11.0 Å². The van der Waals surface area contributed by atoms with Gasteiger partial charge in [-0.05, 0) is 55.3 Å². The van der Waals surface area contributed by atoms with Crippen molar-refractivity contribution < 1.29 is 5.11 Å². The summed E-state index contributed by atoms with van der Waals surface area (Å²) < 4.78 is 0. The molecule has 0 bridgehead atoms. The number of fused-ring (bicyclic) bond motifs is 1. The lowest BCUT2D eigenvalue weighted by molar-refractivity contribution is -0.0995. The molecule has 2 rings (SSSR count). The number of rotatable bonds is 1. The molecule has 1 nitrogen and oxygen atoms in total. The lowest BCUT2D eigenvalue weighted by atomic mass is 9.67. The Labute approximate surface area is 101 Å². The molecule has 1 N–H and O–H groups in total. The van der Waals surface area contributed by atoms with Crippen LogP contribution < -0.4 is 0 Å². The minimum atomic E-state index is -0.369. The Balaban J connectivity index is 2.28. The second kappa shape index (κ2) is 4.01. The van der Waals surface area contributed by atoms with Crippen LogP contribution in [0.3, 0.4) is 0 Å². The topological polar surface area (TPSA) is 20.2 Å². The van der Waals surface area contributed by atoms with Gasteiger partial charge >= 0.3 is 0 Å². The largest absolute Gasteiger partial charge is 0.389 e. The fourth-order valence-electron chi connectivity index (χ4n) is 4.27. The Hall–Kier alpha value is -0.0400. The van der Waals surface area contributed by atoms with E-state index in [4.69, 9.17) is 0 Å². The highest BCUT2D eigenvalue weighted by Gasteiger charge is 2.57. The molecule has 0 aliphatic heterocycles. The van der Waals surface area contributed by atoms with E-state index in [1.54, 1.807) is 0 Å². The van der Waals surface area contributed by atoms with Crippen LogP contribution in [0.4, 0.5) is 0 Å². The summed E-state index contributed by atoms with van der Waals surface area (Å²) in [5, 5.41) is 11.2. The molecular formula is C15H28O. The Bertz CT molecular complexity index is 260. The maximum Gasteiger partial charge on any atom is 0.0731 e. The molecule has 0 radical (unpaired) electrons. The highest BCUT2D eigenvalue weighted by atomic mass is 16.3. The molecule has 0 saturated heterocycles. The molecule has 4 atom stereocenters. The summed E-state index contributed by atoms with van der Waals surface area (Å²) in [7, 11) is 0. The fraction of sp³-hybridized carbons (Fsp3) is 1.00. The van der Waals surface area contributed by atoms with Crippen LogP contribution in [0, 0.1) is 23.2 Å². The van der Waals surface area contributed by atoms with Crippen LogP contribution in [0.25, 0.3) is 0 Å². The Morgan fingerprint density at radius 1 is 1.06 bits per heavy atom. The zero-order valence-corrected chi connectivity index (χ0v) is 11.4. The lowest BCUT2D eigenvalue weighted by Crippen LogP contribution is -2.47. The first kappa shape index (κ1) is 12.4. The molecule has 0 spiro atoms. The first-order valence-electron chi connectivity index (χ1n) is 7.11. The molecular weight excluding hydrogens is 196 g/mol. The molecule has 16 heavy (non-hydrogen) atoms. The Morgan fingerprint density at radius 3 is 2.25 bits per heavy atom. The van der Waals surface area contributed by atoms with Crippen molar-refractivity contribution in [3.63, 3.8) is 0 Å². The van der Waals surface area contributed by atoms with Gasteiger partial charge in [0.15, 0.2) is 0 Å². The zero-order valence-electron chi connectivity index (χ0n) is 11.4. The van der Waals surface area contributed by atoms with Gasteiger partial charge < -0.3 is 5.11 Å². The van der Waals surface area contributed by atoms with Crippen LogP contribution >= 0.6 is 0 Å². The Kier molecular flexibility index (Phi) is 3.11. The van der Waals surface area contributed by atoms with Gasteiger partial charge in [-0.15, -0.1) is 0 Å². The molecule has 0 aromatic rings. The summed E-state index contributed by atoms with van der Waals surface area (Å²) in [6.07, 6.45) is 7.26. The summed E-state index contributed by atoms with van der Waals surface area (Å²) in [5.41, 5.74) is -0.168. The summed E-state index contributed by atoms with van der Waals surface area (Å²) in [5.74, 6) is 1.96. The van der Waals surface area contributed by atoms with E-state index in [9.17, 15) is 5.11 Å². The van der Waals surface area contributed by atoms with Gasteiger partial charge in [0, 0.05) is 0 Å². The van der Waals surface area contributed by atoms with E-state index in [1.807, 2.05) is 0 Å². The van der Waals surface area contributed by atoms with Crippen molar-refractivity contribution in [2.45, 2.75) is 71.8 Å². The van der Waals surface area contributed by atoms with Crippen molar-refractivity contribution in [1.82, 2.24) is 0 Å². The SMILES string of the molecule is CC(C)[C@H]1CC[C@]2(C)CC[C@@H](C)CC[C@]12O. The molecule has 2 aliphatic carbocycles. The van der Waals surface area contributed by atoms with E-state index in [0.717, 1.165) is 12.3 Å². The van der Waals surface area contributed by atoms with Crippen LogP contribution in [0.2, 0.25) is 0 Å². The molecule has 94 valence electrons. The van der Waals surface area contributed by atoms with Gasteiger partial charge in [0.1, 0.15) is 0 Å². The molecule has 0 aromatic carbocycles. The second-order valence-electron chi connectivity index (χ2n) is 7.06. The van der Waals surface area contributed by atoms with Crippen LogP contribution in [0.1, 0.15) is 66.2 Å². The van der Waals surface area contributed by atoms with E-state index in [0.29, 0.717) is 11.8 Å². The number of aliphatic hydroxyl groups is 1. The maximum absolute atomic E-state index is 11.2. The maximum atomic E-state index is 11.2. The van der Waals surface area contributed by atoms with Gasteiger partial charge in [-0.25, -0.2) is 0 Å². The van der Waals surface area contributed by atoms with Gasteiger partial charge in [-0.3, -0.25) is 0 Å². The average molecular weight is 224 g/mol. The minimum Gasteiger partial charge on any atom is -0.389 e. The predicted octanol–water partition coefficient (Wildman–Crippen LogP) is 4.00. The van der Waals surface area contributed by atoms with E-state index in [2.05, 4.69) is 27.7 Å². The first-order chi connectivity index (χ1) is 7.39. The normalized spacial score (nSPS) is 49.1. The smallest absolute Gasteiger partial charge is 0.0731 e. The minimum absolute atomic E-state index is 0.201. The van der Waals surface area contributed by atoms with Crippen LogP contribution in [0.5, 0.6) is 0 Å². The number of hydrogen-bond acceptors (Lipinski definition) is 1. The van der Waals surface area contributed by atoms with Gasteiger partial charge in [0.05, 0.1) is 5.60 Å². The van der Waals surface area contributed by atoms with Crippen LogP contribution in [-0.4, -0.2) is 10.7 Å². The average Bonchev–Trinajstić information content (AvgIpc) is 2.41. The molecule has 2 fully saturated rings. The third kappa shape index (κ3) is 1.72. The molecule has 2 saturated carbocycles. The molecule has 0 heterocycles. The first-order valence-corrected chi connectivity index (χ1v) is 7.11. The summed E-state index contributed by atoms with van der Waals surface area (Å²) in [6, 6.07) is 0. The third-order valence-electron chi connectivity index (χ3n) is 5.68. The van der Waals surface area contributed by atoms with Crippen LogP contribution in [-0.2, 0) is 0 Å². The molecule has 0 amide bonds. The molecule has 2 aliphatic rings. The summed E-state index contributed by atoms with van der Waals surface area (Å²) >= 11 is 0. The van der Waals surface area contributed by atoms with E-state index < -0.39 is 0 Å². The number of hydrogen-bond donors (Lipinski definition) is 1. The van der Waals surface area contributed by atoms with Crippen LogP contribution in [0.15, 0.2) is 0 Å². The monoisotopic (exact) mass is 224 g/mol. The molecule has 0 aromatic heterocycles. The van der Waals surface area contributed by atoms with E-state index in [1.165, 1.54) is 32.1 Å². The van der Waals surface area contributed by atoms with Crippen molar-refractivity contribution >= 4 is 0 Å². The van der Waals surface area contributed by atoms with Crippen molar-refractivity contribution in [2.75, 3.05) is 0 Å². The standard InChI is InChI=1S/C15H28O/c1-11(2)13-7-9-14(4)8-5-12(3)6-10-15(13,14)16/h11-13,16H,5-10H2,1-4H3/t12-,13-,14+,15+/m1/s1. The van der Waals surface area contributed by atoms with Gasteiger partial charge in [0.25, 0.3) is 0 Å². The third-order valence-corrected chi connectivity index (χ3v) is 5.68. The molecule has 0 unspecified atom stereocenters.